The number of benzene rings is 2. The van der Waals surface area contributed by atoms with Crippen LogP contribution in [0.2, 0.25) is 0 Å². The quantitative estimate of drug-likeness (QED) is 0.505. The van der Waals surface area contributed by atoms with Crippen LogP contribution in [-0.2, 0) is 4.79 Å². The van der Waals surface area contributed by atoms with Crippen LogP contribution in [0.4, 0.5) is 11.4 Å². The third kappa shape index (κ3) is 3.96. The summed E-state index contributed by atoms with van der Waals surface area (Å²) >= 11 is 0. The van der Waals surface area contributed by atoms with E-state index in [0.717, 1.165) is 0 Å². The zero-order valence-corrected chi connectivity index (χ0v) is 14.1. The summed E-state index contributed by atoms with van der Waals surface area (Å²) in [5.41, 5.74) is 1.21. The molecule has 8 heteroatoms. The third-order valence-electron chi connectivity index (χ3n) is 4.14. The van der Waals surface area contributed by atoms with Gasteiger partial charge >= 0.3 is 0 Å². The second kappa shape index (κ2) is 7.71. The molecule has 0 bridgehead atoms. The van der Waals surface area contributed by atoms with Crippen molar-refractivity contribution in [2.24, 2.45) is 0 Å². The molecule has 0 amide bonds. The van der Waals surface area contributed by atoms with Gasteiger partial charge in [0.1, 0.15) is 0 Å². The van der Waals surface area contributed by atoms with E-state index in [9.17, 15) is 25.0 Å². The van der Waals surface area contributed by atoms with E-state index in [4.69, 9.17) is 0 Å². The highest BCUT2D eigenvalue weighted by Gasteiger charge is 2.23. The SMILES string of the molecule is O=C1/C(=C\c2ccccc2[N+](=O)[O-])CNC/C1=C\c1ccccc1[N+](=O)[O-]. The number of rotatable bonds is 4. The lowest BCUT2D eigenvalue weighted by Crippen LogP contribution is -2.32. The van der Waals surface area contributed by atoms with E-state index in [-0.39, 0.29) is 30.2 Å². The molecule has 1 heterocycles. The number of hydrogen-bond donors (Lipinski definition) is 1. The first-order chi connectivity index (χ1) is 13.0. The summed E-state index contributed by atoms with van der Waals surface area (Å²) in [6.07, 6.45) is 2.97. The highest BCUT2D eigenvalue weighted by atomic mass is 16.6. The van der Waals surface area contributed by atoms with Crippen molar-refractivity contribution in [3.63, 3.8) is 0 Å². The lowest BCUT2D eigenvalue weighted by molar-refractivity contribution is -0.385. The number of piperidine rings is 1. The number of para-hydroxylation sites is 2. The van der Waals surface area contributed by atoms with Crippen molar-refractivity contribution in [3.05, 3.63) is 91.0 Å². The van der Waals surface area contributed by atoms with Gasteiger partial charge in [-0.2, -0.15) is 0 Å². The predicted molar refractivity (Wildman–Crippen MR) is 100 cm³/mol. The maximum Gasteiger partial charge on any atom is 0.276 e. The highest BCUT2D eigenvalue weighted by molar-refractivity contribution is 6.15. The lowest BCUT2D eigenvalue weighted by atomic mass is 9.95. The molecule has 0 aromatic heterocycles. The largest absolute Gasteiger partial charge is 0.308 e. The van der Waals surface area contributed by atoms with Crippen LogP contribution in [0.15, 0.2) is 59.7 Å². The first-order valence-corrected chi connectivity index (χ1v) is 8.11. The minimum absolute atomic E-state index is 0.0902. The molecule has 1 aliphatic rings. The Labute approximate surface area is 154 Å². The maximum absolute atomic E-state index is 12.8. The molecule has 27 heavy (non-hydrogen) atoms. The number of carbonyl (C=O) groups excluding carboxylic acids is 1. The third-order valence-corrected chi connectivity index (χ3v) is 4.14. The fourth-order valence-corrected chi connectivity index (χ4v) is 2.86. The molecule has 136 valence electrons. The Balaban J connectivity index is 1.98. The summed E-state index contributed by atoms with van der Waals surface area (Å²) in [5, 5.41) is 25.4. The van der Waals surface area contributed by atoms with Crippen molar-refractivity contribution in [3.8, 4) is 0 Å². The Morgan fingerprint density at radius 2 is 1.19 bits per heavy atom. The van der Waals surface area contributed by atoms with Crippen molar-refractivity contribution >= 4 is 29.3 Å². The number of nitrogens with zero attached hydrogens (tertiary/aromatic N) is 2. The average molecular weight is 365 g/mol. The first-order valence-electron chi connectivity index (χ1n) is 8.11. The molecule has 3 rings (SSSR count). The summed E-state index contributed by atoms with van der Waals surface area (Å²) < 4.78 is 0. The summed E-state index contributed by atoms with van der Waals surface area (Å²) in [6, 6.07) is 12.3. The second-order valence-corrected chi connectivity index (χ2v) is 5.90. The number of nitrogens with one attached hydrogen (secondary N) is 1. The maximum atomic E-state index is 12.8. The Hall–Kier alpha value is -3.65. The van der Waals surface area contributed by atoms with Gasteiger partial charge < -0.3 is 5.32 Å². The summed E-state index contributed by atoms with van der Waals surface area (Å²) in [5.74, 6) is -0.287. The van der Waals surface area contributed by atoms with Gasteiger partial charge in [-0.25, -0.2) is 0 Å². The van der Waals surface area contributed by atoms with Crippen molar-refractivity contribution in [2.45, 2.75) is 0 Å². The normalized spacial score (nSPS) is 17.3. The fourth-order valence-electron chi connectivity index (χ4n) is 2.86. The van der Waals surface area contributed by atoms with Gasteiger partial charge in [0.2, 0.25) is 0 Å². The van der Waals surface area contributed by atoms with Crippen LogP contribution in [0, 0.1) is 20.2 Å². The molecule has 1 N–H and O–H groups in total. The van der Waals surface area contributed by atoms with Crippen LogP contribution >= 0.6 is 0 Å². The lowest BCUT2D eigenvalue weighted by Gasteiger charge is -2.18. The molecule has 1 saturated heterocycles. The van der Waals surface area contributed by atoms with Crippen molar-refractivity contribution in [1.29, 1.82) is 0 Å². The molecule has 0 spiro atoms. The molecule has 0 radical (unpaired) electrons. The van der Waals surface area contributed by atoms with E-state index in [0.29, 0.717) is 22.3 Å². The molecule has 0 atom stereocenters. The van der Waals surface area contributed by atoms with E-state index in [2.05, 4.69) is 5.32 Å². The molecule has 0 saturated carbocycles. The minimum Gasteiger partial charge on any atom is -0.308 e. The zero-order valence-electron chi connectivity index (χ0n) is 14.1. The molecule has 0 unspecified atom stereocenters. The van der Waals surface area contributed by atoms with Gasteiger partial charge in [0.25, 0.3) is 11.4 Å². The fraction of sp³-hybridized carbons (Fsp3) is 0.105. The zero-order chi connectivity index (χ0) is 19.4. The van der Waals surface area contributed by atoms with Gasteiger partial charge in [0.05, 0.1) is 21.0 Å². The molecule has 1 fully saturated rings. The molecule has 8 nitrogen and oxygen atoms in total. The monoisotopic (exact) mass is 365 g/mol. The van der Waals surface area contributed by atoms with E-state index >= 15 is 0 Å². The van der Waals surface area contributed by atoms with Crippen LogP contribution in [-0.4, -0.2) is 28.7 Å². The van der Waals surface area contributed by atoms with E-state index in [1.165, 1.54) is 24.3 Å². The number of nitro benzene ring substituents is 2. The Morgan fingerprint density at radius 1 is 0.778 bits per heavy atom. The standard InChI is InChI=1S/C19H15N3O5/c23-19-15(9-13-5-1-3-7-17(13)21(24)25)11-20-12-16(19)10-14-6-2-4-8-18(14)22(26)27/h1-10,20H,11-12H2/b15-9-,16-10+. The van der Waals surface area contributed by atoms with Gasteiger partial charge in [-0.15, -0.1) is 0 Å². The van der Waals surface area contributed by atoms with Crippen LogP contribution in [0.25, 0.3) is 12.2 Å². The van der Waals surface area contributed by atoms with Gasteiger partial charge in [-0.3, -0.25) is 25.0 Å². The summed E-state index contributed by atoms with van der Waals surface area (Å²) in [4.78, 5) is 34.1. The van der Waals surface area contributed by atoms with Crippen LogP contribution in [0.5, 0.6) is 0 Å². The number of nitro groups is 2. The highest BCUT2D eigenvalue weighted by Crippen LogP contribution is 2.25. The Bertz CT molecular complexity index is 917. The van der Waals surface area contributed by atoms with Crippen LogP contribution < -0.4 is 5.32 Å². The molecular formula is C19H15N3O5. The smallest absolute Gasteiger partial charge is 0.276 e. The van der Waals surface area contributed by atoms with Gasteiger partial charge in [-0.05, 0) is 24.3 Å². The van der Waals surface area contributed by atoms with E-state index in [1.54, 1.807) is 36.4 Å². The average Bonchev–Trinajstić information content (AvgIpc) is 2.65. The predicted octanol–water partition coefficient (Wildman–Crippen LogP) is 3.14. The second-order valence-electron chi connectivity index (χ2n) is 5.90. The number of carbonyl (C=O) groups is 1. The Kier molecular flexibility index (Phi) is 5.18. The van der Waals surface area contributed by atoms with E-state index in [1.807, 2.05) is 0 Å². The van der Waals surface area contributed by atoms with Gasteiger partial charge in [0, 0.05) is 36.4 Å². The molecule has 0 aliphatic carbocycles. The molecular weight excluding hydrogens is 350 g/mol. The van der Waals surface area contributed by atoms with Crippen LogP contribution in [0.1, 0.15) is 11.1 Å². The number of hydrogen-bond acceptors (Lipinski definition) is 6. The minimum atomic E-state index is -0.503. The van der Waals surface area contributed by atoms with Gasteiger partial charge in [-0.1, -0.05) is 24.3 Å². The molecule has 1 aliphatic heterocycles. The van der Waals surface area contributed by atoms with Crippen LogP contribution in [0.3, 0.4) is 0 Å². The van der Waals surface area contributed by atoms with Crippen molar-refractivity contribution in [1.82, 2.24) is 5.32 Å². The van der Waals surface area contributed by atoms with Crippen molar-refractivity contribution < 1.29 is 14.6 Å². The molecule has 2 aromatic carbocycles. The first kappa shape index (κ1) is 18.2. The summed E-state index contributed by atoms with van der Waals surface area (Å²) in [6.45, 7) is 0.526. The van der Waals surface area contributed by atoms with Crippen molar-refractivity contribution in [2.75, 3.05) is 13.1 Å². The van der Waals surface area contributed by atoms with E-state index < -0.39 is 9.85 Å². The molecule has 2 aromatic rings. The Morgan fingerprint density at radius 3 is 1.59 bits per heavy atom. The topological polar surface area (TPSA) is 115 Å². The van der Waals surface area contributed by atoms with Gasteiger partial charge in [0.15, 0.2) is 5.78 Å². The number of Topliss-reactive ketones (excluding diaryl/α,β-unsaturated/α-hetero) is 1. The number of ketones is 1. The summed E-state index contributed by atoms with van der Waals surface area (Å²) in [7, 11) is 0.